The minimum atomic E-state index is 0. The van der Waals surface area contributed by atoms with E-state index in [9.17, 15) is 0 Å². The smallest absolute Gasteiger partial charge is 1.00 e. The Kier molecular flexibility index (Phi) is 15.3. The van der Waals surface area contributed by atoms with Gasteiger partial charge in [0.25, 0.3) is 0 Å². The molecule has 0 aliphatic heterocycles. The molecule has 84 valence electrons. The molecule has 0 saturated heterocycles. The van der Waals surface area contributed by atoms with Crippen molar-refractivity contribution >= 4 is 0 Å². The van der Waals surface area contributed by atoms with Crippen LogP contribution >= 0.6 is 0 Å². The van der Waals surface area contributed by atoms with Crippen LogP contribution in [0.2, 0.25) is 0 Å². The molecule has 0 N–H and O–H groups in total. The third-order valence-electron chi connectivity index (χ3n) is 3.10. The summed E-state index contributed by atoms with van der Waals surface area (Å²) in [4.78, 5) is 0. The fourth-order valence-corrected chi connectivity index (χ4v) is 2.24. The van der Waals surface area contributed by atoms with E-state index in [1.165, 1.54) is 12.8 Å². The Morgan fingerprint density at radius 1 is 1.27 bits per heavy atom. The molecule has 0 radical (unpaired) electrons. The summed E-state index contributed by atoms with van der Waals surface area (Å²) in [5, 5.41) is 0. The maximum atomic E-state index is 2.34. The number of fused-ring (bicyclic) bond motifs is 1. The predicted octanol–water partition coefficient (Wildman–Crippen LogP) is -5.87. The molecule has 0 bridgehead atoms. The summed E-state index contributed by atoms with van der Waals surface area (Å²) in [5.41, 5.74) is 1.63. The second-order valence-corrected chi connectivity index (χ2v) is 3.80. The van der Waals surface area contributed by atoms with Crippen LogP contribution in [0.4, 0.5) is 0 Å². The Morgan fingerprint density at radius 2 is 1.87 bits per heavy atom. The molecule has 2 aliphatic rings. The van der Waals surface area contributed by atoms with Crippen molar-refractivity contribution in [3.8, 4) is 0 Å². The average molecular weight is 576 g/mol. The van der Waals surface area contributed by atoms with E-state index in [2.05, 4.69) is 32.1 Å². The molecular weight excluding hydrogens is 561 g/mol. The van der Waals surface area contributed by atoms with Crippen LogP contribution in [-0.4, -0.2) is 0 Å². The summed E-state index contributed by atoms with van der Waals surface area (Å²) < 4.78 is 0. The molecule has 2 aliphatic carbocycles. The van der Waals surface area contributed by atoms with Gasteiger partial charge in [-0.15, -0.1) is 19.1 Å². The first kappa shape index (κ1) is 22.4. The number of halogens is 3. The van der Waals surface area contributed by atoms with Crippen LogP contribution in [0.25, 0.3) is 0 Å². The molecule has 0 nitrogen and oxygen atoms in total. The van der Waals surface area contributed by atoms with Crippen molar-refractivity contribution in [3.05, 3.63) is 29.7 Å². The summed E-state index contributed by atoms with van der Waals surface area (Å²) in [7, 11) is 0. The van der Waals surface area contributed by atoms with Gasteiger partial charge in [-0.1, -0.05) is 19.3 Å². The van der Waals surface area contributed by atoms with E-state index in [4.69, 9.17) is 0 Å². The average Bonchev–Trinajstić information content (AvgIpc) is 2.30. The Hall–Kier alpha value is 2.25. The maximum Gasteiger partial charge on any atom is 4.00 e. The molecule has 0 aromatic rings. The van der Waals surface area contributed by atoms with Crippen LogP contribution in [0.1, 0.15) is 26.7 Å². The van der Waals surface area contributed by atoms with Gasteiger partial charge in [0.1, 0.15) is 0 Å². The van der Waals surface area contributed by atoms with Crippen molar-refractivity contribution in [2.24, 2.45) is 11.8 Å². The van der Waals surface area contributed by atoms with E-state index in [1.54, 1.807) is 11.5 Å². The molecular formula is C11H15I3Ti. The third kappa shape index (κ3) is 5.18. The number of rotatable bonds is 0. The molecule has 0 amide bonds. The van der Waals surface area contributed by atoms with E-state index in [-0.39, 0.29) is 93.6 Å². The number of allylic oxidation sites excluding steroid dienone is 4. The van der Waals surface area contributed by atoms with Crippen molar-refractivity contribution in [3.63, 3.8) is 0 Å². The van der Waals surface area contributed by atoms with Gasteiger partial charge in [0.05, 0.1) is 0 Å². The van der Waals surface area contributed by atoms with E-state index in [0.717, 1.165) is 11.8 Å². The van der Waals surface area contributed by atoms with Crippen molar-refractivity contribution < 1.29 is 93.6 Å². The summed E-state index contributed by atoms with van der Waals surface area (Å²) in [6.45, 7) is 4.63. The SMILES string of the molecule is C[C-]1C2=CC=CCC2CC1C.[I-].[I-].[I-].[Ti+4]. The van der Waals surface area contributed by atoms with Crippen LogP contribution < -0.4 is 71.9 Å². The molecule has 2 rings (SSSR count). The van der Waals surface area contributed by atoms with Crippen LogP contribution in [0.3, 0.4) is 0 Å². The zero-order valence-corrected chi connectivity index (χ0v) is 17.0. The maximum absolute atomic E-state index is 2.34. The van der Waals surface area contributed by atoms with E-state index in [1.807, 2.05) is 0 Å². The molecule has 15 heavy (non-hydrogen) atoms. The molecule has 2 atom stereocenters. The Bertz CT molecular complexity index is 222. The van der Waals surface area contributed by atoms with Crippen molar-refractivity contribution in [2.75, 3.05) is 0 Å². The van der Waals surface area contributed by atoms with Gasteiger partial charge < -0.3 is 71.9 Å². The van der Waals surface area contributed by atoms with E-state index in [0.29, 0.717) is 0 Å². The summed E-state index contributed by atoms with van der Waals surface area (Å²) in [6.07, 6.45) is 9.44. The molecule has 1 saturated carbocycles. The molecule has 0 aromatic carbocycles. The zero-order valence-electron chi connectivity index (χ0n) is 8.93. The van der Waals surface area contributed by atoms with Crippen molar-refractivity contribution in [1.82, 2.24) is 0 Å². The minimum absolute atomic E-state index is 0. The van der Waals surface area contributed by atoms with Crippen molar-refractivity contribution in [1.29, 1.82) is 0 Å². The molecule has 1 fully saturated rings. The predicted molar refractivity (Wildman–Crippen MR) is 48.0 cm³/mol. The molecule has 0 spiro atoms. The van der Waals surface area contributed by atoms with Gasteiger partial charge in [0.2, 0.25) is 0 Å². The van der Waals surface area contributed by atoms with Crippen LogP contribution in [0.5, 0.6) is 0 Å². The second-order valence-electron chi connectivity index (χ2n) is 3.80. The topological polar surface area (TPSA) is 0 Å². The number of hydrogen-bond donors (Lipinski definition) is 0. The van der Waals surface area contributed by atoms with Crippen LogP contribution in [-0.2, 0) is 21.7 Å². The largest absolute Gasteiger partial charge is 4.00 e. The van der Waals surface area contributed by atoms with E-state index >= 15 is 0 Å². The van der Waals surface area contributed by atoms with Gasteiger partial charge in [-0.3, -0.25) is 0 Å². The van der Waals surface area contributed by atoms with Gasteiger partial charge in [-0.05, 0) is 12.3 Å². The Balaban J connectivity index is -0.000000360. The third-order valence-corrected chi connectivity index (χ3v) is 3.10. The van der Waals surface area contributed by atoms with Gasteiger partial charge in [0.15, 0.2) is 0 Å². The summed E-state index contributed by atoms with van der Waals surface area (Å²) in [6, 6.07) is 0. The normalized spacial score (nSPS) is 26.0. The number of hydrogen-bond acceptors (Lipinski definition) is 0. The fourth-order valence-electron chi connectivity index (χ4n) is 2.24. The van der Waals surface area contributed by atoms with Gasteiger partial charge in [-0.2, -0.15) is 0 Å². The summed E-state index contributed by atoms with van der Waals surface area (Å²) in [5.74, 6) is 3.31. The van der Waals surface area contributed by atoms with Crippen LogP contribution in [0.15, 0.2) is 23.8 Å². The zero-order chi connectivity index (χ0) is 7.84. The molecule has 0 aromatic heterocycles. The standard InChI is InChI=1S/C11H15.3HI.Ti/c1-8-7-10-5-3-4-6-11(10)9(8)2;;;;/h3-4,6,8,10H,5,7H2,1-2H3;3*1H;/q-1;;;;+4/p-3. The molecule has 2 unspecified atom stereocenters. The van der Waals surface area contributed by atoms with Gasteiger partial charge >= 0.3 is 21.7 Å². The first-order valence-electron chi connectivity index (χ1n) is 4.49. The first-order chi connectivity index (χ1) is 5.29. The Labute approximate surface area is 159 Å². The van der Waals surface area contributed by atoms with Crippen LogP contribution in [0, 0.1) is 17.8 Å². The summed E-state index contributed by atoms with van der Waals surface area (Å²) >= 11 is 0. The minimum Gasteiger partial charge on any atom is -1.00 e. The van der Waals surface area contributed by atoms with Gasteiger partial charge in [0, 0.05) is 0 Å². The quantitative estimate of drug-likeness (QED) is 0.154. The van der Waals surface area contributed by atoms with Gasteiger partial charge in [-0.25, -0.2) is 17.6 Å². The first-order valence-corrected chi connectivity index (χ1v) is 4.49. The van der Waals surface area contributed by atoms with Crippen molar-refractivity contribution in [2.45, 2.75) is 26.7 Å². The Morgan fingerprint density at radius 3 is 2.40 bits per heavy atom. The monoisotopic (exact) mass is 576 g/mol. The fraction of sp³-hybridized carbons (Fsp3) is 0.545. The molecule has 0 heterocycles. The molecule has 4 heteroatoms. The second kappa shape index (κ2) is 10.2. The van der Waals surface area contributed by atoms with E-state index < -0.39 is 0 Å².